The van der Waals surface area contributed by atoms with Gasteiger partial charge in [-0.15, -0.1) is 0 Å². The van der Waals surface area contributed by atoms with Crippen LogP contribution in [0.3, 0.4) is 0 Å². The number of hydrogen-bond acceptors (Lipinski definition) is 0. The highest BCUT2D eigenvalue weighted by molar-refractivity contribution is 6.12. The van der Waals surface area contributed by atoms with Crippen molar-refractivity contribution in [3.8, 4) is 22.5 Å². The summed E-state index contributed by atoms with van der Waals surface area (Å²) in [4.78, 5) is 0. The van der Waals surface area contributed by atoms with E-state index in [0.717, 1.165) is 34.4 Å². The molecule has 0 amide bonds. The Hall–Kier alpha value is -5.64. The van der Waals surface area contributed by atoms with Crippen LogP contribution in [0.15, 0.2) is 84.9 Å². The maximum atomic E-state index is 16.7. The fourth-order valence-electron chi connectivity index (χ4n) is 8.73. The van der Waals surface area contributed by atoms with Crippen LogP contribution in [0.1, 0.15) is 111 Å². The lowest BCUT2D eigenvalue weighted by Crippen LogP contribution is -2.18. The monoisotopic (exact) mass is 866 g/mol. The van der Waals surface area contributed by atoms with Gasteiger partial charge in [0.1, 0.15) is 5.56 Å². The molecule has 8 rings (SSSR count). The Morgan fingerprint density at radius 2 is 0.667 bits per heavy atom. The molecule has 0 saturated carbocycles. The van der Waals surface area contributed by atoms with Crippen molar-refractivity contribution < 1.29 is 35.1 Å². The predicted molar refractivity (Wildman–Crippen MR) is 240 cm³/mol. The fraction of sp³-hybridized carbons (Fsp3) is 0.321. The Bertz CT molecular complexity index is 3020. The third-order valence-corrected chi connectivity index (χ3v) is 12.4. The predicted octanol–water partition coefficient (Wildman–Crippen LogP) is 16.5. The van der Waals surface area contributed by atoms with Gasteiger partial charge in [0.05, 0.1) is 39.0 Å². The molecule has 0 N–H and O–H groups in total. The molecule has 63 heavy (non-hydrogen) atoms. The summed E-state index contributed by atoms with van der Waals surface area (Å²) >= 11 is 0. The summed E-state index contributed by atoms with van der Waals surface area (Å²) < 4.78 is 130. The van der Waals surface area contributed by atoms with Crippen molar-refractivity contribution in [3.05, 3.63) is 142 Å². The molecule has 2 nitrogen and oxygen atoms in total. The van der Waals surface area contributed by atoms with E-state index in [1.54, 1.807) is 36.4 Å². The Morgan fingerprint density at radius 1 is 0.365 bits per heavy atom. The molecule has 0 bridgehead atoms. The van der Waals surface area contributed by atoms with Crippen LogP contribution in [0.4, 0.5) is 35.1 Å². The molecular formula is C53H50F8N2. The first kappa shape index (κ1) is 44.0. The van der Waals surface area contributed by atoms with Gasteiger partial charge in [0, 0.05) is 27.1 Å². The standard InChI is InChI=1S/C53H50F8N2/c1-49(2,3)27-13-18-36-32(23-27)33-24-28(50(4,5)6)14-19-37(33)62(36)40-22-17-31(41-43(54)45(56)47(58)46(57)44(41)55)48(42(40)53(59,60)61)63-38-20-15-29(51(7,8)9)25-34(38)35-26-30(52(10,11)12)16-21-39(35)63/h13-26H,1-12H3. The Kier molecular flexibility index (Phi) is 9.90. The number of alkyl halides is 3. The quantitative estimate of drug-likeness (QED) is 0.0951. The summed E-state index contributed by atoms with van der Waals surface area (Å²) in [5.74, 6) is -11.5. The van der Waals surface area contributed by atoms with E-state index in [1.807, 2.05) is 119 Å². The highest BCUT2D eigenvalue weighted by Crippen LogP contribution is 2.50. The number of rotatable bonds is 3. The summed E-state index contributed by atoms with van der Waals surface area (Å²) in [5, 5.41) is 2.46. The Labute approximate surface area is 362 Å². The van der Waals surface area contributed by atoms with Gasteiger partial charge in [0.25, 0.3) is 0 Å². The van der Waals surface area contributed by atoms with Gasteiger partial charge >= 0.3 is 6.18 Å². The lowest BCUT2D eigenvalue weighted by Gasteiger charge is -2.25. The largest absolute Gasteiger partial charge is 0.420 e. The van der Waals surface area contributed by atoms with Crippen LogP contribution < -0.4 is 0 Å². The minimum atomic E-state index is -5.27. The SMILES string of the molecule is CC(C)(C)c1ccc2c(c1)c1cc(C(C)(C)C)ccc1n2-c1ccc(-c2c(F)c(F)c(F)c(F)c2F)c(-n2c3ccc(C(C)(C)C)cc3c3cc(C(C)(C)C)ccc32)c1C(F)(F)F. The molecule has 0 atom stereocenters. The fourth-order valence-corrected chi connectivity index (χ4v) is 8.73. The first-order chi connectivity index (χ1) is 29.0. The number of fused-ring (bicyclic) bond motifs is 6. The number of hydrogen-bond donors (Lipinski definition) is 0. The van der Waals surface area contributed by atoms with Gasteiger partial charge in [0.15, 0.2) is 23.3 Å². The lowest BCUT2D eigenvalue weighted by molar-refractivity contribution is -0.137. The van der Waals surface area contributed by atoms with Crippen molar-refractivity contribution >= 4 is 43.6 Å². The summed E-state index contributed by atoms with van der Waals surface area (Å²) in [5.41, 5.74) is -1.28. The van der Waals surface area contributed by atoms with Gasteiger partial charge in [-0.2, -0.15) is 13.2 Å². The highest BCUT2D eigenvalue weighted by atomic mass is 19.4. The topological polar surface area (TPSA) is 9.86 Å². The molecule has 2 heterocycles. The highest BCUT2D eigenvalue weighted by Gasteiger charge is 2.42. The van der Waals surface area contributed by atoms with Crippen molar-refractivity contribution in [2.24, 2.45) is 0 Å². The zero-order valence-electron chi connectivity index (χ0n) is 37.5. The van der Waals surface area contributed by atoms with Crippen LogP contribution in [0.2, 0.25) is 0 Å². The minimum absolute atomic E-state index is 0.240. The maximum Gasteiger partial charge on any atom is 0.420 e. The van der Waals surface area contributed by atoms with E-state index in [-0.39, 0.29) is 21.9 Å². The molecule has 0 aliphatic carbocycles. The molecule has 0 radical (unpaired) electrons. The third kappa shape index (κ3) is 7.08. The van der Waals surface area contributed by atoms with Crippen molar-refractivity contribution in [1.82, 2.24) is 9.13 Å². The summed E-state index contributed by atoms with van der Waals surface area (Å²) in [6.45, 7) is 24.3. The Morgan fingerprint density at radius 3 is 0.968 bits per heavy atom. The normalized spacial score (nSPS) is 13.4. The number of halogens is 8. The molecule has 328 valence electrons. The van der Waals surface area contributed by atoms with E-state index in [2.05, 4.69) is 0 Å². The first-order valence-corrected chi connectivity index (χ1v) is 21.0. The van der Waals surface area contributed by atoms with Crippen molar-refractivity contribution in [3.63, 3.8) is 0 Å². The van der Waals surface area contributed by atoms with Crippen LogP contribution in [0.5, 0.6) is 0 Å². The smallest absolute Gasteiger partial charge is 0.309 e. The van der Waals surface area contributed by atoms with Gasteiger partial charge in [-0.25, -0.2) is 22.0 Å². The summed E-state index contributed by atoms with van der Waals surface area (Å²) in [6.07, 6.45) is -5.27. The van der Waals surface area contributed by atoms with E-state index in [4.69, 9.17) is 0 Å². The molecule has 6 aromatic carbocycles. The minimum Gasteiger partial charge on any atom is -0.309 e. The molecule has 2 aromatic heterocycles. The maximum absolute atomic E-state index is 16.7. The van der Waals surface area contributed by atoms with Crippen LogP contribution >= 0.6 is 0 Å². The summed E-state index contributed by atoms with van der Waals surface area (Å²) in [7, 11) is 0. The summed E-state index contributed by atoms with van der Waals surface area (Å²) in [6, 6.07) is 24.0. The first-order valence-electron chi connectivity index (χ1n) is 21.0. The van der Waals surface area contributed by atoms with Crippen LogP contribution in [0.25, 0.3) is 66.1 Å². The van der Waals surface area contributed by atoms with Gasteiger partial charge in [-0.1, -0.05) is 107 Å². The number of benzene rings is 6. The molecule has 10 heteroatoms. The van der Waals surface area contributed by atoms with Crippen molar-refractivity contribution in [1.29, 1.82) is 0 Å². The second-order valence-corrected chi connectivity index (χ2v) is 20.9. The van der Waals surface area contributed by atoms with Crippen molar-refractivity contribution in [2.75, 3.05) is 0 Å². The zero-order valence-corrected chi connectivity index (χ0v) is 37.5. The second-order valence-electron chi connectivity index (χ2n) is 20.9. The van der Waals surface area contributed by atoms with Gasteiger partial charge < -0.3 is 9.13 Å². The van der Waals surface area contributed by atoms with E-state index in [0.29, 0.717) is 32.6 Å². The third-order valence-electron chi connectivity index (χ3n) is 12.4. The molecule has 0 saturated heterocycles. The molecule has 0 fully saturated rings. The zero-order chi connectivity index (χ0) is 46.3. The lowest BCUT2D eigenvalue weighted by atomic mass is 9.85. The molecule has 8 aromatic rings. The number of aromatic nitrogens is 2. The number of nitrogens with zero attached hydrogens (tertiary/aromatic N) is 2. The molecule has 0 spiro atoms. The van der Waals surface area contributed by atoms with Crippen molar-refractivity contribution in [2.45, 2.75) is 111 Å². The van der Waals surface area contributed by atoms with E-state index < -0.39 is 74.2 Å². The van der Waals surface area contributed by atoms with E-state index >= 15 is 30.7 Å². The molecule has 0 unspecified atom stereocenters. The Balaban J connectivity index is 1.64. The van der Waals surface area contributed by atoms with Crippen LogP contribution in [0, 0.1) is 29.1 Å². The second kappa shape index (κ2) is 14.2. The average Bonchev–Trinajstić information content (AvgIpc) is 3.68. The van der Waals surface area contributed by atoms with Gasteiger partial charge in [0.2, 0.25) is 5.82 Å². The molecular weight excluding hydrogens is 817 g/mol. The van der Waals surface area contributed by atoms with E-state index in [1.165, 1.54) is 9.13 Å². The van der Waals surface area contributed by atoms with E-state index in [9.17, 15) is 4.39 Å². The molecule has 0 aliphatic rings. The average molecular weight is 867 g/mol. The van der Waals surface area contributed by atoms with Crippen LogP contribution in [-0.2, 0) is 27.8 Å². The molecule has 0 aliphatic heterocycles. The van der Waals surface area contributed by atoms with Gasteiger partial charge in [-0.05, 0) is 105 Å². The van der Waals surface area contributed by atoms with Gasteiger partial charge in [-0.3, -0.25) is 0 Å². The van der Waals surface area contributed by atoms with Crippen LogP contribution in [-0.4, -0.2) is 9.13 Å².